The first kappa shape index (κ1) is 13.1. The van der Waals surface area contributed by atoms with Crippen molar-refractivity contribution in [3.8, 4) is 0 Å². The lowest BCUT2D eigenvalue weighted by molar-refractivity contribution is -0.120. The fraction of sp³-hybridized carbons (Fsp3) is 0.308. The van der Waals surface area contributed by atoms with Gasteiger partial charge in [-0.15, -0.1) is 0 Å². The monoisotopic (exact) mass is 262 g/mol. The number of aromatic carboxylic acids is 1. The second-order valence-corrected chi connectivity index (χ2v) is 4.26. The number of rotatable bonds is 3. The normalized spacial score (nSPS) is 15.3. The smallest absolute Gasteiger partial charge is 0.335 e. The number of imide groups is 1. The molecule has 1 aliphatic heterocycles. The third-order valence-corrected chi connectivity index (χ3v) is 3.06. The summed E-state index contributed by atoms with van der Waals surface area (Å²) in [5.41, 5.74) is 1.54. The minimum Gasteiger partial charge on any atom is -0.478 e. The SMILES string of the molecule is CCc1ccc(C(=O)O)cc1N1CCC(=O)NC1=O. The van der Waals surface area contributed by atoms with E-state index in [0.717, 1.165) is 5.56 Å². The van der Waals surface area contributed by atoms with Crippen LogP contribution in [0.15, 0.2) is 18.2 Å². The molecule has 0 unspecified atom stereocenters. The van der Waals surface area contributed by atoms with Gasteiger partial charge in [0.05, 0.1) is 5.56 Å². The summed E-state index contributed by atoms with van der Waals surface area (Å²) in [5, 5.41) is 11.2. The molecule has 2 rings (SSSR count). The van der Waals surface area contributed by atoms with E-state index in [-0.39, 0.29) is 24.4 Å². The van der Waals surface area contributed by atoms with Crippen molar-refractivity contribution >= 4 is 23.6 Å². The van der Waals surface area contributed by atoms with Gasteiger partial charge in [0, 0.05) is 18.7 Å². The van der Waals surface area contributed by atoms with E-state index in [2.05, 4.69) is 5.32 Å². The Hall–Kier alpha value is -2.37. The molecule has 0 aromatic heterocycles. The molecule has 6 nitrogen and oxygen atoms in total. The highest BCUT2D eigenvalue weighted by atomic mass is 16.4. The summed E-state index contributed by atoms with van der Waals surface area (Å²) >= 11 is 0. The second-order valence-electron chi connectivity index (χ2n) is 4.26. The van der Waals surface area contributed by atoms with Crippen molar-refractivity contribution in [3.63, 3.8) is 0 Å². The number of hydrogen-bond donors (Lipinski definition) is 2. The Balaban J connectivity index is 2.41. The highest BCUT2D eigenvalue weighted by molar-refractivity contribution is 6.06. The van der Waals surface area contributed by atoms with Crippen LogP contribution in [0.1, 0.15) is 29.3 Å². The summed E-state index contributed by atoms with van der Waals surface area (Å²) in [6, 6.07) is 4.17. The molecule has 0 aliphatic carbocycles. The van der Waals surface area contributed by atoms with E-state index in [4.69, 9.17) is 5.11 Å². The van der Waals surface area contributed by atoms with Crippen molar-refractivity contribution in [3.05, 3.63) is 29.3 Å². The van der Waals surface area contributed by atoms with Crippen LogP contribution in [0.4, 0.5) is 10.5 Å². The zero-order valence-electron chi connectivity index (χ0n) is 10.5. The number of nitrogens with one attached hydrogen (secondary N) is 1. The van der Waals surface area contributed by atoms with Gasteiger partial charge in [0.2, 0.25) is 5.91 Å². The summed E-state index contributed by atoms with van der Waals surface area (Å²) < 4.78 is 0. The van der Waals surface area contributed by atoms with Crippen LogP contribution in [-0.2, 0) is 11.2 Å². The van der Waals surface area contributed by atoms with E-state index in [9.17, 15) is 14.4 Å². The molecule has 0 saturated carbocycles. The number of amides is 3. The van der Waals surface area contributed by atoms with Gasteiger partial charge in [-0.2, -0.15) is 0 Å². The number of aryl methyl sites for hydroxylation is 1. The first-order valence-corrected chi connectivity index (χ1v) is 6.00. The van der Waals surface area contributed by atoms with Gasteiger partial charge >= 0.3 is 12.0 Å². The highest BCUT2D eigenvalue weighted by Crippen LogP contribution is 2.24. The van der Waals surface area contributed by atoms with Crippen LogP contribution in [0.25, 0.3) is 0 Å². The average Bonchev–Trinajstić information content (AvgIpc) is 2.38. The zero-order chi connectivity index (χ0) is 14.0. The van der Waals surface area contributed by atoms with Gasteiger partial charge in [-0.25, -0.2) is 9.59 Å². The molecule has 19 heavy (non-hydrogen) atoms. The van der Waals surface area contributed by atoms with E-state index >= 15 is 0 Å². The molecule has 1 aromatic rings. The molecule has 1 aromatic carbocycles. The van der Waals surface area contributed by atoms with Crippen LogP contribution in [0.3, 0.4) is 0 Å². The number of benzene rings is 1. The maximum atomic E-state index is 11.8. The zero-order valence-corrected chi connectivity index (χ0v) is 10.5. The Morgan fingerprint density at radius 1 is 1.42 bits per heavy atom. The van der Waals surface area contributed by atoms with E-state index in [1.807, 2.05) is 6.92 Å². The fourth-order valence-corrected chi connectivity index (χ4v) is 2.04. The first-order valence-electron chi connectivity index (χ1n) is 6.00. The number of carboxylic acid groups (broad SMARTS) is 1. The van der Waals surface area contributed by atoms with Gasteiger partial charge in [-0.1, -0.05) is 13.0 Å². The Bertz CT molecular complexity index is 554. The molecule has 1 fully saturated rings. The predicted octanol–water partition coefficient (Wildman–Crippen LogP) is 1.39. The Morgan fingerprint density at radius 3 is 2.74 bits per heavy atom. The summed E-state index contributed by atoms with van der Waals surface area (Å²) in [4.78, 5) is 35.3. The molecule has 0 bridgehead atoms. The van der Waals surface area contributed by atoms with Crippen LogP contribution < -0.4 is 10.2 Å². The lowest BCUT2D eigenvalue weighted by Gasteiger charge is -2.28. The van der Waals surface area contributed by atoms with E-state index in [1.165, 1.54) is 17.0 Å². The summed E-state index contributed by atoms with van der Waals surface area (Å²) in [6.45, 7) is 2.19. The Morgan fingerprint density at radius 2 is 2.16 bits per heavy atom. The van der Waals surface area contributed by atoms with Crippen LogP contribution in [0.2, 0.25) is 0 Å². The van der Waals surface area contributed by atoms with Crippen molar-refractivity contribution in [2.45, 2.75) is 19.8 Å². The molecule has 1 aliphatic rings. The van der Waals surface area contributed by atoms with Crippen LogP contribution >= 0.6 is 0 Å². The van der Waals surface area contributed by atoms with Gasteiger partial charge in [0.25, 0.3) is 0 Å². The van der Waals surface area contributed by atoms with E-state index in [1.54, 1.807) is 6.07 Å². The van der Waals surface area contributed by atoms with E-state index in [0.29, 0.717) is 12.1 Å². The fourth-order valence-electron chi connectivity index (χ4n) is 2.04. The lowest BCUT2D eigenvalue weighted by Crippen LogP contribution is -2.49. The number of carbonyl (C=O) groups is 3. The third-order valence-electron chi connectivity index (χ3n) is 3.06. The van der Waals surface area contributed by atoms with Gasteiger partial charge in [0.1, 0.15) is 0 Å². The Labute approximate surface area is 110 Å². The molecule has 1 heterocycles. The number of nitrogens with zero attached hydrogens (tertiary/aromatic N) is 1. The van der Waals surface area contributed by atoms with Gasteiger partial charge in [-0.3, -0.25) is 15.0 Å². The third kappa shape index (κ3) is 2.57. The van der Waals surface area contributed by atoms with E-state index < -0.39 is 12.0 Å². The van der Waals surface area contributed by atoms with Gasteiger partial charge in [0.15, 0.2) is 0 Å². The van der Waals surface area contributed by atoms with Crippen LogP contribution in [0, 0.1) is 0 Å². The topological polar surface area (TPSA) is 86.7 Å². The molecular weight excluding hydrogens is 248 g/mol. The summed E-state index contributed by atoms with van der Waals surface area (Å²) in [7, 11) is 0. The summed E-state index contributed by atoms with van der Waals surface area (Å²) in [6.07, 6.45) is 0.888. The van der Waals surface area contributed by atoms with Gasteiger partial charge in [-0.05, 0) is 24.1 Å². The number of carbonyl (C=O) groups excluding carboxylic acids is 2. The minimum absolute atomic E-state index is 0.122. The molecule has 0 atom stereocenters. The molecule has 100 valence electrons. The predicted molar refractivity (Wildman–Crippen MR) is 68.3 cm³/mol. The van der Waals surface area contributed by atoms with Gasteiger partial charge < -0.3 is 5.11 Å². The maximum Gasteiger partial charge on any atom is 0.335 e. The summed E-state index contributed by atoms with van der Waals surface area (Å²) in [5.74, 6) is -1.36. The molecule has 0 radical (unpaired) electrons. The van der Waals surface area contributed by atoms with Crippen molar-refractivity contribution in [2.24, 2.45) is 0 Å². The minimum atomic E-state index is -1.04. The highest BCUT2D eigenvalue weighted by Gasteiger charge is 2.26. The number of anilines is 1. The van der Waals surface area contributed by atoms with Crippen molar-refractivity contribution in [2.75, 3.05) is 11.4 Å². The molecule has 2 N–H and O–H groups in total. The lowest BCUT2D eigenvalue weighted by atomic mass is 10.1. The van der Waals surface area contributed by atoms with Crippen molar-refractivity contribution < 1.29 is 19.5 Å². The average molecular weight is 262 g/mol. The van der Waals surface area contributed by atoms with Crippen molar-refractivity contribution in [1.82, 2.24) is 5.32 Å². The molecule has 6 heteroatoms. The largest absolute Gasteiger partial charge is 0.478 e. The molecule has 0 spiro atoms. The van der Waals surface area contributed by atoms with Crippen LogP contribution in [-0.4, -0.2) is 29.6 Å². The first-order chi connectivity index (χ1) is 9.02. The molecular formula is C13H14N2O4. The van der Waals surface area contributed by atoms with Crippen LogP contribution in [0.5, 0.6) is 0 Å². The quantitative estimate of drug-likeness (QED) is 0.861. The van der Waals surface area contributed by atoms with Crippen molar-refractivity contribution in [1.29, 1.82) is 0 Å². The second kappa shape index (κ2) is 5.09. The number of urea groups is 1. The Kier molecular flexibility index (Phi) is 3.50. The number of hydrogen-bond acceptors (Lipinski definition) is 3. The standard InChI is InChI=1S/C13H14N2O4/c1-2-8-3-4-9(12(17)18)7-10(8)15-6-5-11(16)14-13(15)19/h3-4,7H,2,5-6H2,1H3,(H,17,18)(H,14,16,19). The number of carboxylic acids is 1. The molecule has 1 saturated heterocycles. The molecule has 3 amide bonds. The maximum absolute atomic E-state index is 11.8.